The van der Waals surface area contributed by atoms with Crippen LogP contribution in [-0.4, -0.2) is 14.5 Å². The lowest BCUT2D eigenvalue weighted by Crippen LogP contribution is -1.97. The van der Waals surface area contributed by atoms with Crippen molar-refractivity contribution in [2.45, 2.75) is 0 Å². The molecule has 260 valence electrons. The highest BCUT2D eigenvalue weighted by Gasteiger charge is 2.20. The molecule has 0 spiro atoms. The predicted octanol–water partition coefficient (Wildman–Crippen LogP) is 14.4. The second-order valence-corrected chi connectivity index (χ2v) is 15.5. The molecule has 0 bridgehead atoms. The van der Waals surface area contributed by atoms with Crippen LogP contribution in [0.15, 0.2) is 188 Å². The van der Waals surface area contributed by atoms with Crippen LogP contribution in [0.2, 0.25) is 0 Å². The molecule has 0 saturated heterocycles. The van der Waals surface area contributed by atoms with Crippen LogP contribution in [0.25, 0.3) is 114 Å². The van der Waals surface area contributed by atoms with Crippen molar-refractivity contribution in [2.24, 2.45) is 0 Å². The maximum absolute atomic E-state index is 5.43. The van der Waals surface area contributed by atoms with Crippen molar-refractivity contribution < 1.29 is 0 Å². The zero-order valence-corrected chi connectivity index (χ0v) is 31.0. The number of aromatic nitrogens is 3. The van der Waals surface area contributed by atoms with Crippen molar-refractivity contribution in [1.29, 1.82) is 0 Å². The summed E-state index contributed by atoms with van der Waals surface area (Å²) in [6, 6.07) is 67.8. The summed E-state index contributed by atoms with van der Waals surface area (Å²) in [4.78, 5) is 11.7. The second kappa shape index (κ2) is 12.2. The molecule has 9 aromatic carbocycles. The van der Waals surface area contributed by atoms with Gasteiger partial charge in [-0.3, -0.25) is 0 Å². The average Bonchev–Trinajstić information content (AvgIpc) is 3.82. The third-order valence-electron chi connectivity index (χ3n) is 11.4. The number of thiophene rings is 1. The fraction of sp³-hybridized carbons (Fsp3) is 0. The van der Waals surface area contributed by atoms with Gasteiger partial charge >= 0.3 is 0 Å². The molecule has 0 amide bonds. The number of benzene rings is 9. The van der Waals surface area contributed by atoms with Crippen LogP contribution in [0.3, 0.4) is 0 Å². The van der Waals surface area contributed by atoms with Crippen molar-refractivity contribution in [1.82, 2.24) is 14.5 Å². The largest absolute Gasteiger partial charge is 0.309 e. The zero-order chi connectivity index (χ0) is 36.7. The summed E-state index contributed by atoms with van der Waals surface area (Å²) in [7, 11) is 0. The van der Waals surface area contributed by atoms with Crippen LogP contribution in [0.4, 0.5) is 0 Å². The first-order valence-corrected chi connectivity index (χ1v) is 19.8. The molecule has 0 aliphatic heterocycles. The Hall–Kier alpha value is -7.14. The van der Waals surface area contributed by atoms with Gasteiger partial charge in [0.2, 0.25) is 0 Å². The van der Waals surface area contributed by atoms with Crippen LogP contribution in [-0.2, 0) is 0 Å². The van der Waals surface area contributed by atoms with Crippen molar-refractivity contribution in [3.05, 3.63) is 188 Å². The van der Waals surface area contributed by atoms with Crippen LogP contribution < -0.4 is 0 Å². The number of hydrogen-bond acceptors (Lipinski definition) is 3. The average molecular weight is 730 g/mol. The number of hydrogen-bond donors (Lipinski definition) is 0. The summed E-state index contributed by atoms with van der Waals surface area (Å²) in [5.41, 5.74) is 10.7. The van der Waals surface area contributed by atoms with Crippen LogP contribution in [0.1, 0.15) is 0 Å². The molecule has 12 rings (SSSR count). The Morgan fingerprint density at radius 1 is 0.357 bits per heavy atom. The third kappa shape index (κ3) is 4.63. The van der Waals surface area contributed by atoms with Gasteiger partial charge in [0.05, 0.1) is 22.4 Å². The van der Waals surface area contributed by atoms with Crippen LogP contribution in [0, 0.1) is 0 Å². The molecule has 0 atom stereocenters. The van der Waals surface area contributed by atoms with E-state index < -0.39 is 0 Å². The highest BCUT2D eigenvalue weighted by molar-refractivity contribution is 7.25. The third-order valence-corrected chi connectivity index (χ3v) is 12.5. The number of fused-ring (bicyclic) bond motifs is 13. The summed E-state index contributed by atoms with van der Waals surface area (Å²) in [5.74, 6) is 0. The highest BCUT2D eigenvalue weighted by atomic mass is 32.1. The van der Waals surface area contributed by atoms with Gasteiger partial charge in [0.15, 0.2) is 0 Å². The number of para-hydroxylation sites is 1. The molecule has 0 unspecified atom stereocenters. The van der Waals surface area contributed by atoms with Gasteiger partial charge in [-0.2, -0.15) is 0 Å². The lowest BCUT2D eigenvalue weighted by Gasteiger charge is -2.15. The van der Waals surface area contributed by atoms with E-state index in [1.807, 2.05) is 0 Å². The van der Waals surface area contributed by atoms with Gasteiger partial charge in [-0.25, -0.2) is 9.97 Å². The Morgan fingerprint density at radius 2 is 0.857 bits per heavy atom. The van der Waals surface area contributed by atoms with E-state index >= 15 is 0 Å². The lowest BCUT2D eigenvalue weighted by molar-refractivity contribution is 1.19. The van der Waals surface area contributed by atoms with Crippen LogP contribution >= 0.6 is 11.3 Å². The van der Waals surface area contributed by atoms with Gasteiger partial charge in [-0.05, 0) is 62.3 Å². The molecule has 0 aliphatic rings. The molecular formula is C52H31N3S. The molecule has 56 heavy (non-hydrogen) atoms. The molecule has 3 heterocycles. The zero-order valence-electron chi connectivity index (χ0n) is 30.1. The molecule has 0 aliphatic carbocycles. The van der Waals surface area contributed by atoms with Crippen molar-refractivity contribution >= 4 is 85.9 Å². The highest BCUT2D eigenvalue weighted by Crippen LogP contribution is 2.44. The summed E-state index contributed by atoms with van der Waals surface area (Å²) >= 11 is 1.70. The summed E-state index contributed by atoms with van der Waals surface area (Å²) < 4.78 is 3.65. The molecule has 4 heteroatoms. The standard InChI is InChI=1S/C52H31N3S/c1-2-12-32(13-3-1)33-22-24-34(25-23-33)49-48(53-50-44-19-9-11-21-46(44)56-52(50)54-49)35-26-28-36(29-27-35)55-45-20-10-8-17-40(45)43-31-30-42-39-16-5-4-14-37(39)38-15-6-7-18-41(38)47(42)51(43)55/h1-31H. The van der Waals surface area contributed by atoms with E-state index in [1.54, 1.807) is 11.3 Å². The number of rotatable bonds is 4. The van der Waals surface area contributed by atoms with E-state index in [-0.39, 0.29) is 0 Å². The van der Waals surface area contributed by atoms with E-state index in [1.165, 1.54) is 70.0 Å². The molecule has 3 aromatic heterocycles. The molecular weight excluding hydrogens is 699 g/mol. The Balaban J connectivity index is 1.09. The number of nitrogens with zero attached hydrogens (tertiary/aromatic N) is 3. The van der Waals surface area contributed by atoms with E-state index in [4.69, 9.17) is 9.97 Å². The van der Waals surface area contributed by atoms with Crippen LogP contribution in [0.5, 0.6) is 0 Å². The molecule has 0 fully saturated rings. The fourth-order valence-corrected chi connectivity index (χ4v) is 9.87. The van der Waals surface area contributed by atoms with Gasteiger partial charge in [0.1, 0.15) is 10.3 Å². The lowest BCUT2D eigenvalue weighted by atomic mass is 9.93. The Morgan fingerprint density at radius 3 is 1.59 bits per heavy atom. The Bertz CT molecular complexity index is 3470. The fourth-order valence-electron chi connectivity index (χ4n) is 8.86. The van der Waals surface area contributed by atoms with Crippen molar-refractivity contribution in [3.8, 4) is 39.3 Å². The van der Waals surface area contributed by atoms with E-state index in [0.29, 0.717) is 0 Å². The molecule has 0 radical (unpaired) electrons. The van der Waals surface area contributed by atoms with Crippen molar-refractivity contribution in [3.63, 3.8) is 0 Å². The predicted molar refractivity (Wildman–Crippen MR) is 238 cm³/mol. The Labute approximate surface area is 326 Å². The molecule has 0 N–H and O–H groups in total. The van der Waals surface area contributed by atoms with Crippen molar-refractivity contribution in [2.75, 3.05) is 0 Å². The van der Waals surface area contributed by atoms with Gasteiger partial charge in [-0.15, -0.1) is 11.3 Å². The van der Waals surface area contributed by atoms with Gasteiger partial charge in [0.25, 0.3) is 0 Å². The normalized spacial score (nSPS) is 11.9. The van der Waals surface area contributed by atoms with Gasteiger partial charge < -0.3 is 4.57 Å². The quantitative estimate of drug-likeness (QED) is 0.169. The van der Waals surface area contributed by atoms with Gasteiger partial charge in [0, 0.05) is 43.1 Å². The van der Waals surface area contributed by atoms with E-state index in [2.05, 4.69) is 193 Å². The smallest absolute Gasteiger partial charge is 0.143 e. The minimum atomic E-state index is 0.880. The minimum absolute atomic E-state index is 0.880. The minimum Gasteiger partial charge on any atom is -0.309 e. The Kier molecular flexibility index (Phi) is 6.80. The second-order valence-electron chi connectivity index (χ2n) is 14.5. The monoisotopic (exact) mass is 729 g/mol. The maximum Gasteiger partial charge on any atom is 0.143 e. The molecule has 12 aromatic rings. The summed E-state index contributed by atoms with van der Waals surface area (Å²) in [6.07, 6.45) is 0. The first kappa shape index (κ1) is 31.2. The molecule has 0 saturated carbocycles. The first-order chi connectivity index (χ1) is 27.8. The summed E-state index contributed by atoms with van der Waals surface area (Å²) in [5, 5.41) is 11.3. The maximum atomic E-state index is 5.43. The van der Waals surface area contributed by atoms with Gasteiger partial charge in [-0.1, -0.05) is 164 Å². The molecule has 3 nitrogen and oxygen atoms in total. The van der Waals surface area contributed by atoms with E-state index in [0.717, 1.165) is 43.9 Å². The van der Waals surface area contributed by atoms with E-state index in [9.17, 15) is 0 Å². The first-order valence-electron chi connectivity index (χ1n) is 19.0. The summed E-state index contributed by atoms with van der Waals surface area (Å²) in [6.45, 7) is 0. The SMILES string of the molecule is c1ccc(-c2ccc(-c3nc4sc5ccccc5c4nc3-c3ccc(-n4c5ccccc5c5ccc6c7ccccc7c7ccccc7c6c54)cc3)cc2)cc1. The topological polar surface area (TPSA) is 30.7 Å².